The predicted octanol–water partition coefficient (Wildman–Crippen LogP) is 5.93. The van der Waals surface area contributed by atoms with E-state index in [1.54, 1.807) is 7.11 Å². The number of hydrogen-bond acceptors (Lipinski definition) is 5. The number of nitrogens with zero attached hydrogens (tertiary/aromatic N) is 3. The fourth-order valence-corrected chi connectivity index (χ4v) is 4.77. The molecule has 0 N–H and O–H groups in total. The highest BCUT2D eigenvalue weighted by Crippen LogP contribution is 2.38. The van der Waals surface area contributed by atoms with Crippen LogP contribution in [-0.2, 0) is 6.54 Å². The molecule has 4 aromatic rings. The number of hydrogen-bond donors (Lipinski definition) is 0. The van der Waals surface area contributed by atoms with Crippen LogP contribution in [0.15, 0.2) is 60.9 Å². The predicted molar refractivity (Wildman–Crippen MR) is 133 cm³/mol. The molecule has 174 valence electrons. The SMILES string of the molecule is COc1ccc(Cn2ncc3c(OCC4CCCCC4)c(-c4ccccc4C=O)cnc32)cc1. The van der Waals surface area contributed by atoms with Crippen molar-refractivity contribution in [1.29, 1.82) is 0 Å². The van der Waals surface area contributed by atoms with Gasteiger partial charge in [-0.15, -0.1) is 0 Å². The van der Waals surface area contributed by atoms with Crippen molar-refractivity contribution in [3.8, 4) is 22.6 Å². The molecule has 1 aliphatic rings. The Morgan fingerprint density at radius 3 is 2.56 bits per heavy atom. The molecule has 5 rings (SSSR count). The van der Waals surface area contributed by atoms with Crippen molar-refractivity contribution >= 4 is 17.3 Å². The van der Waals surface area contributed by atoms with Gasteiger partial charge in [0.1, 0.15) is 11.5 Å². The topological polar surface area (TPSA) is 66.2 Å². The van der Waals surface area contributed by atoms with Crippen LogP contribution in [0.3, 0.4) is 0 Å². The Kier molecular flexibility index (Phi) is 6.56. The first kappa shape index (κ1) is 22.1. The van der Waals surface area contributed by atoms with E-state index < -0.39 is 0 Å². The quantitative estimate of drug-likeness (QED) is 0.308. The maximum Gasteiger partial charge on any atom is 0.161 e. The van der Waals surface area contributed by atoms with Gasteiger partial charge < -0.3 is 9.47 Å². The van der Waals surface area contributed by atoms with E-state index in [2.05, 4.69) is 5.10 Å². The molecular formula is C28H29N3O3. The van der Waals surface area contributed by atoms with Crippen molar-refractivity contribution in [2.75, 3.05) is 13.7 Å². The molecule has 0 atom stereocenters. The summed E-state index contributed by atoms with van der Waals surface area (Å²) in [5, 5.41) is 5.50. The highest BCUT2D eigenvalue weighted by atomic mass is 16.5. The number of aldehydes is 1. The van der Waals surface area contributed by atoms with Gasteiger partial charge in [0, 0.05) is 17.3 Å². The van der Waals surface area contributed by atoms with Crippen LogP contribution < -0.4 is 9.47 Å². The minimum Gasteiger partial charge on any atom is -0.497 e. The summed E-state index contributed by atoms with van der Waals surface area (Å²) in [6.07, 6.45) is 10.8. The van der Waals surface area contributed by atoms with Crippen molar-refractivity contribution in [1.82, 2.24) is 14.8 Å². The first-order chi connectivity index (χ1) is 16.8. The Morgan fingerprint density at radius 1 is 1.00 bits per heavy atom. The number of rotatable bonds is 8. The Morgan fingerprint density at radius 2 is 1.79 bits per heavy atom. The van der Waals surface area contributed by atoms with E-state index in [1.165, 1.54) is 32.1 Å². The van der Waals surface area contributed by atoms with Crippen molar-refractivity contribution in [3.63, 3.8) is 0 Å². The van der Waals surface area contributed by atoms with Crippen molar-refractivity contribution in [2.45, 2.75) is 38.6 Å². The molecule has 34 heavy (non-hydrogen) atoms. The van der Waals surface area contributed by atoms with Gasteiger partial charge >= 0.3 is 0 Å². The van der Waals surface area contributed by atoms with E-state index in [1.807, 2.05) is 65.6 Å². The fraction of sp³-hybridized carbons (Fsp3) is 0.321. The summed E-state index contributed by atoms with van der Waals surface area (Å²) in [6.45, 7) is 1.26. The molecular weight excluding hydrogens is 426 g/mol. The number of carbonyl (C=O) groups excluding carboxylic acids is 1. The monoisotopic (exact) mass is 455 g/mol. The minimum atomic E-state index is 0.556. The first-order valence-electron chi connectivity index (χ1n) is 11.9. The zero-order valence-electron chi connectivity index (χ0n) is 19.4. The summed E-state index contributed by atoms with van der Waals surface area (Å²) in [6, 6.07) is 15.5. The second kappa shape index (κ2) is 10.1. The fourth-order valence-electron chi connectivity index (χ4n) is 4.77. The van der Waals surface area contributed by atoms with E-state index in [0.717, 1.165) is 45.5 Å². The molecule has 0 unspecified atom stereocenters. The number of benzene rings is 2. The number of methoxy groups -OCH3 is 1. The maximum absolute atomic E-state index is 11.7. The summed E-state index contributed by atoms with van der Waals surface area (Å²) in [5.41, 5.74) is 4.15. The molecule has 2 aromatic carbocycles. The number of aromatic nitrogens is 3. The van der Waals surface area contributed by atoms with Crippen LogP contribution in [0.25, 0.3) is 22.2 Å². The molecule has 0 saturated heterocycles. The molecule has 1 saturated carbocycles. The maximum atomic E-state index is 11.7. The lowest BCUT2D eigenvalue weighted by Gasteiger charge is -2.23. The average Bonchev–Trinajstić information content (AvgIpc) is 3.31. The van der Waals surface area contributed by atoms with E-state index in [0.29, 0.717) is 24.6 Å². The molecule has 0 radical (unpaired) electrons. The van der Waals surface area contributed by atoms with Crippen molar-refractivity contribution in [2.24, 2.45) is 5.92 Å². The van der Waals surface area contributed by atoms with Crippen LogP contribution >= 0.6 is 0 Å². The van der Waals surface area contributed by atoms with Crippen LogP contribution in [0.5, 0.6) is 11.5 Å². The van der Waals surface area contributed by atoms with Gasteiger partial charge in [0.15, 0.2) is 11.9 Å². The number of fused-ring (bicyclic) bond motifs is 1. The number of pyridine rings is 1. The molecule has 0 bridgehead atoms. The third kappa shape index (κ3) is 4.53. The smallest absolute Gasteiger partial charge is 0.161 e. The molecule has 0 spiro atoms. The summed E-state index contributed by atoms with van der Waals surface area (Å²) in [7, 11) is 1.66. The lowest BCUT2D eigenvalue weighted by Crippen LogP contribution is -2.15. The zero-order chi connectivity index (χ0) is 23.3. The second-order valence-corrected chi connectivity index (χ2v) is 8.91. The van der Waals surface area contributed by atoms with Gasteiger partial charge in [-0.1, -0.05) is 55.7 Å². The van der Waals surface area contributed by atoms with Gasteiger partial charge in [0.05, 0.1) is 31.8 Å². The molecule has 0 aliphatic heterocycles. The number of carbonyl (C=O) groups is 1. The third-order valence-electron chi connectivity index (χ3n) is 6.67. The van der Waals surface area contributed by atoms with Gasteiger partial charge in [-0.05, 0) is 42.0 Å². The lowest BCUT2D eigenvalue weighted by atomic mass is 9.90. The molecule has 6 heteroatoms. The van der Waals surface area contributed by atoms with E-state index in [4.69, 9.17) is 14.5 Å². The first-order valence-corrected chi connectivity index (χ1v) is 11.9. The lowest BCUT2D eigenvalue weighted by molar-refractivity contribution is 0.112. The number of ether oxygens (including phenoxy) is 2. The van der Waals surface area contributed by atoms with E-state index in [9.17, 15) is 4.79 Å². The van der Waals surface area contributed by atoms with Gasteiger partial charge in [-0.3, -0.25) is 4.79 Å². The van der Waals surface area contributed by atoms with Gasteiger partial charge in [-0.25, -0.2) is 9.67 Å². The molecule has 0 amide bonds. The van der Waals surface area contributed by atoms with E-state index >= 15 is 0 Å². The van der Waals surface area contributed by atoms with E-state index in [-0.39, 0.29) is 0 Å². The van der Waals surface area contributed by atoms with Gasteiger partial charge in [-0.2, -0.15) is 5.10 Å². The second-order valence-electron chi connectivity index (χ2n) is 8.91. The highest BCUT2D eigenvalue weighted by Gasteiger charge is 2.20. The Labute approximate surface area is 199 Å². The van der Waals surface area contributed by atoms with Crippen molar-refractivity contribution < 1.29 is 14.3 Å². The summed E-state index contributed by atoms with van der Waals surface area (Å²) >= 11 is 0. The molecule has 1 aliphatic carbocycles. The van der Waals surface area contributed by atoms with Crippen LogP contribution in [0, 0.1) is 5.92 Å². The Bertz CT molecular complexity index is 1270. The average molecular weight is 456 g/mol. The van der Waals surface area contributed by atoms with Crippen LogP contribution in [0.1, 0.15) is 48.0 Å². The normalized spacial score (nSPS) is 14.3. The summed E-state index contributed by atoms with van der Waals surface area (Å²) < 4.78 is 13.7. The molecule has 2 aromatic heterocycles. The largest absolute Gasteiger partial charge is 0.497 e. The standard InChI is InChI=1S/C28H29N3O3/c1-33-23-13-11-20(12-14-23)17-31-28-26(16-30-31)27(34-19-21-7-3-2-4-8-21)25(15-29-28)24-10-6-5-9-22(24)18-32/h5-6,9-16,18,21H,2-4,7-8,17,19H2,1H3. The Hall–Kier alpha value is -3.67. The third-order valence-corrected chi connectivity index (χ3v) is 6.67. The molecule has 6 nitrogen and oxygen atoms in total. The molecule has 2 heterocycles. The molecule has 1 fully saturated rings. The minimum absolute atomic E-state index is 0.556. The summed E-state index contributed by atoms with van der Waals surface area (Å²) in [4.78, 5) is 16.5. The van der Waals surface area contributed by atoms with Gasteiger partial charge in [0.2, 0.25) is 0 Å². The van der Waals surface area contributed by atoms with Crippen molar-refractivity contribution in [3.05, 3.63) is 72.1 Å². The highest BCUT2D eigenvalue weighted by molar-refractivity contribution is 5.95. The van der Waals surface area contributed by atoms with Crippen LogP contribution in [-0.4, -0.2) is 34.8 Å². The van der Waals surface area contributed by atoms with Crippen LogP contribution in [0.4, 0.5) is 0 Å². The van der Waals surface area contributed by atoms with Crippen LogP contribution in [0.2, 0.25) is 0 Å². The van der Waals surface area contributed by atoms with Gasteiger partial charge in [0.25, 0.3) is 0 Å². The summed E-state index contributed by atoms with van der Waals surface area (Å²) in [5.74, 6) is 2.13. The zero-order valence-corrected chi connectivity index (χ0v) is 19.4. The Balaban J connectivity index is 1.53.